The number of nitrogens with one attached hydrogen (secondary N) is 1. The summed E-state index contributed by atoms with van der Waals surface area (Å²) in [7, 11) is 0. The zero-order valence-electron chi connectivity index (χ0n) is 17.7. The van der Waals surface area contributed by atoms with E-state index in [1.807, 2.05) is 64.1 Å². The number of aryl methyl sites for hydroxylation is 2. The normalized spacial score (nSPS) is 10.7. The van der Waals surface area contributed by atoms with Crippen molar-refractivity contribution in [1.82, 2.24) is 5.16 Å². The van der Waals surface area contributed by atoms with Gasteiger partial charge in [0.25, 0.3) is 5.91 Å². The van der Waals surface area contributed by atoms with Gasteiger partial charge in [0.1, 0.15) is 17.3 Å². The van der Waals surface area contributed by atoms with Crippen LogP contribution in [0.4, 0.5) is 5.69 Å². The van der Waals surface area contributed by atoms with Crippen LogP contribution in [0.2, 0.25) is 0 Å². The summed E-state index contributed by atoms with van der Waals surface area (Å²) in [6.07, 6.45) is 0. The number of amides is 1. The predicted molar refractivity (Wildman–Crippen MR) is 119 cm³/mol. The third-order valence-electron chi connectivity index (χ3n) is 4.49. The molecule has 0 saturated carbocycles. The van der Waals surface area contributed by atoms with Crippen molar-refractivity contribution >= 4 is 23.4 Å². The highest BCUT2D eigenvalue weighted by Gasteiger charge is 2.16. The number of carbonyl (C=O) groups excluding carboxylic acids is 1. The zero-order valence-corrected chi connectivity index (χ0v) is 18.5. The van der Waals surface area contributed by atoms with Crippen LogP contribution in [-0.4, -0.2) is 24.3 Å². The minimum absolute atomic E-state index is 0.202. The van der Waals surface area contributed by atoms with E-state index in [0.29, 0.717) is 41.7 Å². The molecule has 0 unspecified atom stereocenters. The van der Waals surface area contributed by atoms with E-state index in [1.54, 1.807) is 17.8 Å². The summed E-state index contributed by atoms with van der Waals surface area (Å²) in [5, 5.41) is 6.98. The zero-order chi connectivity index (χ0) is 21.5. The van der Waals surface area contributed by atoms with Gasteiger partial charge in [-0.1, -0.05) is 17.3 Å². The fraction of sp³-hybridized carbons (Fsp3) is 0.304. The average molecular weight is 427 g/mol. The van der Waals surface area contributed by atoms with Crippen molar-refractivity contribution < 1.29 is 18.8 Å². The second kappa shape index (κ2) is 10.2. The van der Waals surface area contributed by atoms with Gasteiger partial charge in [0.15, 0.2) is 0 Å². The fourth-order valence-corrected chi connectivity index (χ4v) is 4.18. The molecule has 0 fully saturated rings. The summed E-state index contributed by atoms with van der Waals surface area (Å²) >= 11 is 1.58. The monoisotopic (exact) mass is 426 g/mol. The van der Waals surface area contributed by atoms with Gasteiger partial charge in [0.05, 0.1) is 30.2 Å². The Morgan fingerprint density at radius 3 is 2.57 bits per heavy atom. The topological polar surface area (TPSA) is 73.6 Å². The van der Waals surface area contributed by atoms with Crippen LogP contribution in [0.3, 0.4) is 0 Å². The highest BCUT2D eigenvalue weighted by atomic mass is 32.2. The maximum Gasteiger partial charge on any atom is 0.256 e. The molecule has 3 aromatic rings. The fourth-order valence-electron chi connectivity index (χ4n) is 2.97. The van der Waals surface area contributed by atoms with Gasteiger partial charge >= 0.3 is 0 Å². The second-order valence-corrected chi connectivity index (χ2v) is 7.58. The smallest absolute Gasteiger partial charge is 0.256 e. The van der Waals surface area contributed by atoms with E-state index < -0.39 is 0 Å². The van der Waals surface area contributed by atoms with Gasteiger partial charge in [0.2, 0.25) is 0 Å². The van der Waals surface area contributed by atoms with Crippen molar-refractivity contribution in [1.29, 1.82) is 0 Å². The van der Waals surface area contributed by atoms with Crippen LogP contribution >= 0.6 is 11.8 Å². The van der Waals surface area contributed by atoms with Crippen LogP contribution in [0.5, 0.6) is 11.5 Å². The number of anilines is 1. The molecule has 1 amide bonds. The van der Waals surface area contributed by atoms with Gasteiger partial charge in [-0.25, -0.2) is 0 Å². The van der Waals surface area contributed by atoms with Crippen molar-refractivity contribution in [3.63, 3.8) is 0 Å². The number of thioether (sulfide) groups is 1. The van der Waals surface area contributed by atoms with Gasteiger partial charge in [-0.15, -0.1) is 11.8 Å². The van der Waals surface area contributed by atoms with E-state index >= 15 is 0 Å². The first-order valence-electron chi connectivity index (χ1n) is 9.88. The Morgan fingerprint density at radius 2 is 1.87 bits per heavy atom. The summed E-state index contributed by atoms with van der Waals surface area (Å²) in [5.74, 6) is 2.56. The van der Waals surface area contributed by atoms with Crippen LogP contribution in [0.25, 0.3) is 0 Å². The lowest BCUT2D eigenvalue weighted by Gasteiger charge is -2.15. The highest BCUT2D eigenvalue weighted by molar-refractivity contribution is 7.98. The average Bonchev–Trinajstić information content (AvgIpc) is 3.06. The molecule has 0 aliphatic rings. The molecule has 0 spiro atoms. The van der Waals surface area contributed by atoms with E-state index in [2.05, 4.69) is 10.5 Å². The molecule has 0 saturated heterocycles. The molecule has 1 N–H and O–H groups in total. The molecule has 6 nitrogen and oxygen atoms in total. The first-order chi connectivity index (χ1) is 14.5. The Hall–Kier alpha value is -2.93. The molecule has 3 rings (SSSR count). The lowest BCUT2D eigenvalue weighted by atomic mass is 10.2. The predicted octanol–water partition coefficient (Wildman–Crippen LogP) is 5.63. The molecule has 1 aromatic heterocycles. The largest absolute Gasteiger partial charge is 0.494 e. The second-order valence-electron chi connectivity index (χ2n) is 6.57. The van der Waals surface area contributed by atoms with Crippen molar-refractivity contribution in [3.8, 4) is 11.5 Å². The van der Waals surface area contributed by atoms with Crippen molar-refractivity contribution in [2.45, 2.75) is 38.3 Å². The van der Waals surface area contributed by atoms with E-state index in [0.717, 1.165) is 21.9 Å². The van der Waals surface area contributed by atoms with Crippen LogP contribution < -0.4 is 14.8 Å². The summed E-state index contributed by atoms with van der Waals surface area (Å²) in [6.45, 7) is 8.69. The van der Waals surface area contributed by atoms with Gasteiger partial charge in [-0.3, -0.25) is 4.79 Å². The van der Waals surface area contributed by atoms with Crippen LogP contribution in [-0.2, 0) is 5.75 Å². The van der Waals surface area contributed by atoms with Gasteiger partial charge in [-0.2, -0.15) is 0 Å². The van der Waals surface area contributed by atoms with Crippen LogP contribution in [0.15, 0.2) is 51.9 Å². The molecule has 0 aliphatic carbocycles. The molecule has 0 bridgehead atoms. The summed E-state index contributed by atoms with van der Waals surface area (Å²) in [6, 6.07) is 13.0. The third-order valence-corrected chi connectivity index (χ3v) is 5.59. The number of carbonyl (C=O) groups is 1. The molecule has 7 heteroatoms. The number of hydrogen-bond donors (Lipinski definition) is 1. The number of nitrogens with zero attached hydrogens (tertiary/aromatic N) is 1. The maximum absolute atomic E-state index is 13.1. The Bertz CT molecular complexity index is 997. The maximum atomic E-state index is 13.1. The SMILES string of the molecule is CCOc1ccc(OCC)c(NC(=O)c2ccccc2SCc2c(C)noc2C)c1. The molecule has 30 heavy (non-hydrogen) atoms. The quantitative estimate of drug-likeness (QED) is 0.447. The number of aromatic nitrogens is 1. The van der Waals surface area contributed by atoms with Crippen molar-refractivity contribution in [2.24, 2.45) is 0 Å². The van der Waals surface area contributed by atoms with Gasteiger partial charge in [-0.05, 0) is 52.0 Å². The van der Waals surface area contributed by atoms with E-state index in [1.165, 1.54) is 0 Å². The van der Waals surface area contributed by atoms with Gasteiger partial charge in [0, 0.05) is 22.3 Å². The minimum Gasteiger partial charge on any atom is -0.494 e. The Balaban J connectivity index is 1.81. The number of ether oxygens (including phenoxy) is 2. The molecular weight excluding hydrogens is 400 g/mol. The molecule has 2 aromatic carbocycles. The molecular formula is C23H26N2O4S. The lowest BCUT2D eigenvalue weighted by molar-refractivity contribution is 0.102. The Kier molecular flexibility index (Phi) is 7.41. The van der Waals surface area contributed by atoms with E-state index in [4.69, 9.17) is 14.0 Å². The lowest BCUT2D eigenvalue weighted by Crippen LogP contribution is -2.14. The van der Waals surface area contributed by atoms with Crippen molar-refractivity contribution in [3.05, 3.63) is 65.0 Å². The third kappa shape index (κ3) is 5.16. The molecule has 0 atom stereocenters. The standard InChI is InChI=1S/C23H26N2O4S/c1-5-27-17-11-12-21(28-6-2)20(13-17)24-23(26)18-9-7-8-10-22(18)30-14-19-15(3)25-29-16(19)4/h7-13H,5-6,14H2,1-4H3,(H,24,26). The van der Waals surface area contributed by atoms with Crippen LogP contribution in [0, 0.1) is 13.8 Å². The van der Waals surface area contributed by atoms with E-state index in [-0.39, 0.29) is 5.91 Å². The van der Waals surface area contributed by atoms with Crippen LogP contribution in [0.1, 0.15) is 41.2 Å². The summed E-state index contributed by atoms with van der Waals surface area (Å²) in [4.78, 5) is 14.0. The molecule has 0 aliphatic heterocycles. The first kappa shape index (κ1) is 21.8. The Labute approximate surface area is 180 Å². The van der Waals surface area contributed by atoms with E-state index in [9.17, 15) is 4.79 Å². The first-order valence-corrected chi connectivity index (χ1v) is 10.9. The number of rotatable bonds is 9. The number of hydrogen-bond acceptors (Lipinski definition) is 6. The molecule has 1 heterocycles. The van der Waals surface area contributed by atoms with Crippen molar-refractivity contribution in [2.75, 3.05) is 18.5 Å². The summed E-state index contributed by atoms with van der Waals surface area (Å²) < 4.78 is 16.5. The molecule has 158 valence electrons. The molecule has 0 radical (unpaired) electrons. The van der Waals surface area contributed by atoms with Gasteiger partial charge < -0.3 is 19.3 Å². The highest BCUT2D eigenvalue weighted by Crippen LogP contribution is 2.32. The minimum atomic E-state index is -0.202. The Morgan fingerprint density at radius 1 is 1.10 bits per heavy atom. The number of benzene rings is 2. The summed E-state index contributed by atoms with van der Waals surface area (Å²) in [5.41, 5.74) is 3.10.